The highest BCUT2D eigenvalue weighted by Crippen LogP contribution is 2.24. The van der Waals surface area contributed by atoms with Gasteiger partial charge < -0.3 is 4.90 Å². The highest BCUT2D eigenvalue weighted by atomic mass is 35.5. The van der Waals surface area contributed by atoms with Gasteiger partial charge >= 0.3 is 0 Å². The maximum atomic E-state index is 12.1. The van der Waals surface area contributed by atoms with Crippen LogP contribution in [0.15, 0.2) is 24.3 Å². The summed E-state index contributed by atoms with van der Waals surface area (Å²) in [5, 5.41) is 0. The molecule has 0 atom stereocenters. The van der Waals surface area contributed by atoms with Crippen molar-refractivity contribution in [2.75, 3.05) is 5.88 Å². The predicted molar refractivity (Wildman–Crippen MR) is 79.3 cm³/mol. The number of carbonyl (C=O) groups is 1. The fourth-order valence-corrected chi connectivity index (χ4v) is 2.93. The van der Waals surface area contributed by atoms with Crippen molar-refractivity contribution in [2.24, 2.45) is 0 Å². The first-order valence-electron chi connectivity index (χ1n) is 7.11. The van der Waals surface area contributed by atoms with Crippen LogP contribution >= 0.6 is 11.6 Å². The Morgan fingerprint density at radius 3 is 2.42 bits per heavy atom. The third-order valence-electron chi connectivity index (χ3n) is 3.92. The molecule has 0 unspecified atom stereocenters. The maximum absolute atomic E-state index is 12.1. The molecule has 0 N–H and O–H groups in total. The largest absolute Gasteiger partial charge is 0.334 e. The van der Waals surface area contributed by atoms with E-state index in [1.165, 1.54) is 30.4 Å². The second-order valence-corrected chi connectivity index (χ2v) is 5.70. The fraction of sp³-hybridized carbons (Fsp3) is 0.562. The quantitative estimate of drug-likeness (QED) is 0.766. The van der Waals surface area contributed by atoms with E-state index in [4.69, 9.17) is 11.6 Å². The number of benzene rings is 1. The third-order valence-corrected chi connectivity index (χ3v) is 4.15. The van der Waals surface area contributed by atoms with E-state index in [2.05, 4.69) is 31.2 Å². The van der Waals surface area contributed by atoms with Gasteiger partial charge in [-0.2, -0.15) is 0 Å². The zero-order chi connectivity index (χ0) is 13.7. The van der Waals surface area contributed by atoms with E-state index < -0.39 is 0 Å². The summed E-state index contributed by atoms with van der Waals surface area (Å²) in [5.74, 6) is 0.150. The van der Waals surface area contributed by atoms with Crippen molar-refractivity contribution < 1.29 is 4.79 Å². The molecule has 19 heavy (non-hydrogen) atoms. The number of amides is 1. The van der Waals surface area contributed by atoms with E-state index >= 15 is 0 Å². The number of carbonyl (C=O) groups excluding carboxylic acids is 1. The van der Waals surface area contributed by atoms with Crippen LogP contribution in [0.2, 0.25) is 0 Å². The van der Waals surface area contributed by atoms with Gasteiger partial charge in [0, 0.05) is 12.6 Å². The Morgan fingerprint density at radius 1 is 1.21 bits per heavy atom. The molecule has 1 aliphatic carbocycles. The Hall–Kier alpha value is -1.02. The summed E-state index contributed by atoms with van der Waals surface area (Å²) < 4.78 is 0. The molecule has 0 heterocycles. The third kappa shape index (κ3) is 3.97. The topological polar surface area (TPSA) is 20.3 Å². The minimum Gasteiger partial charge on any atom is -0.334 e. The van der Waals surface area contributed by atoms with Crippen molar-refractivity contribution >= 4 is 17.5 Å². The monoisotopic (exact) mass is 279 g/mol. The molecule has 1 aromatic carbocycles. The summed E-state index contributed by atoms with van der Waals surface area (Å²) in [7, 11) is 0. The number of halogens is 1. The summed E-state index contributed by atoms with van der Waals surface area (Å²) >= 11 is 5.77. The minimum atomic E-state index is 0.0640. The number of hydrogen-bond donors (Lipinski definition) is 0. The summed E-state index contributed by atoms with van der Waals surface area (Å²) in [4.78, 5) is 14.1. The van der Waals surface area contributed by atoms with Crippen LogP contribution < -0.4 is 0 Å². The van der Waals surface area contributed by atoms with Crippen molar-refractivity contribution in [1.82, 2.24) is 4.90 Å². The molecule has 0 aliphatic heterocycles. The normalized spacial score (nSPS) is 16.3. The maximum Gasteiger partial charge on any atom is 0.238 e. The van der Waals surface area contributed by atoms with Crippen molar-refractivity contribution in [1.29, 1.82) is 0 Å². The van der Waals surface area contributed by atoms with Crippen LogP contribution in [0.5, 0.6) is 0 Å². The van der Waals surface area contributed by atoms with E-state index in [1.54, 1.807) is 0 Å². The highest BCUT2D eigenvalue weighted by molar-refractivity contribution is 6.27. The van der Waals surface area contributed by atoms with Crippen molar-refractivity contribution in [3.05, 3.63) is 35.4 Å². The van der Waals surface area contributed by atoms with Crippen LogP contribution in [-0.4, -0.2) is 22.7 Å². The number of nitrogens with zero attached hydrogens (tertiary/aromatic N) is 1. The average Bonchev–Trinajstić information content (AvgIpc) is 2.47. The van der Waals surface area contributed by atoms with Crippen LogP contribution in [0.4, 0.5) is 0 Å². The highest BCUT2D eigenvalue weighted by Gasteiger charge is 2.24. The van der Waals surface area contributed by atoms with Crippen molar-refractivity contribution in [2.45, 2.75) is 51.6 Å². The van der Waals surface area contributed by atoms with Gasteiger partial charge in [-0.25, -0.2) is 0 Å². The van der Waals surface area contributed by atoms with E-state index in [1.807, 2.05) is 4.90 Å². The molecule has 0 bridgehead atoms. The molecule has 0 radical (unpaired) electrons. The standard InChI is InChI=1S/C16H22ClNO/c1-13-7-9-14(10-8-13)12-18(16(19)11-17)15-5-3-2-4-6-15/h7-10,15H,2-6,11-12H2,1H3. The van der Waals surface area contributed by atoms with Gasteiger partial charge in [0.25, 0.3) is 0 Å². The van der Waals surface area contributed by atoms with Gasteiger partial charge in [0.2, 0.25) is 5.91 Å². The molecule has 0 spiro atoms. The molecule has 2 rings (SSSR count). The molecule has 1 fully saturated rings. The lowest BCUT2D eigenvalue weighted by Gasteiger charge is -2.34. The molecule has 2 nitrogen and oxygen atoms in total. The van der Waals surface area contributed by atoms with E-state index in [-0.39, 0.29) is 11.8 Å². The van der Waals surface area contributed by atoms with E-state index in [0.29, 0.717) is 12.6 Å². The minimum absolute atomic E-state index is 0.0640. The van der Waals surface area contributed by atoms with Gasteiger partial charge in [-0.3, -0.25) is 4.79 Å². The van der Waals surface area contributed by atoms with E-state index in [9.17, 15) is 4.79 Å². The average molecular weight is 280 g/mol. The molecule has 1 aromatic rings. The molecule has 3 heteroatoms. The Bertz CT molecular complexity index is 409. The first kappa shape index (κ1) is 14.4. The van der Waals surface area contributed by atoms with Crippen LogP contribution in [0.3, 0.4) is 0 Å². The number of hydrogen-bond acceptors (Lipinski definition) is 1. The Balaban J connectivity index is 2.08. The van der Waals surface area contributed by atoms with Crippen LogP contribution in [0, 0.1) is 6.92 Å². The van der Waals surface area contributed by atoms with Gasteiger partial charge in [0.05, 0.1) is 0 Å². The summed E-state index contributed by atoms with van der Waals surface area (Å²) in [6.07, 6.45) is 5.99. The molecular formula is C16H22ClNO. The summed E-state index contributed by atoms with van der Waals surface area (Å²) in [6, 6.07) is 8.78. The van der Waals surface area contributed by atoms with E-state index in [0.717, 1.165) is 12.8 Å². The van der Waals surface area contributed by atoms with Crippen molar-refractivity contribution in [3.8, 4) is 0 Å². The SMILES string of the molecule is Cc1ccc(CN(C(=O)CCl)C2CCCCC2)cc1. The second kappa shape index (κ2) is 6.95. The van der Waals surface area contributed by atoms with Gasteiger partial charge in [-0.1, -0.05) is 49.1 Å². The summed E-state index contributed by atoms with van der Waals surface area (Å²) in [6.45, 7) is 2.77. The molecule has 1 amide bonds. The van der Waals surface area contributed by atoms with Crippen molar-refractivity contribution in [3.63, 3.8) is 0 Å². The van der Waals surface area contributed by atoms with Crippen LogP contribution in [0.1, 0.15) is 43.2 Å². The second-order valence-electron chi connectivity index (χ2n) is 5.43. The summed E-state index contributed by atoms with van der Waals surface area (Å²) in [5.41, 5.74) is 2.44. The van der Waals surface area contributed by atoms with Gasteiger partial charge in [0.1, 0.15) is 5.88 Å². The molecule has 104 valence electrons. The Kier molecular flexibility index (Phi) is 5.26. The van der Waals surface area contributed by atoms with Gasteiger partial charge in [-0.05, 0) is 25.3 Å². The Labute approximate surface area is 120 Å². The number of aryl methyl sites for hydroxylation is 1. The van der Waals surface area contributed by atoms with Gasteiger partial charge in [-0.15, -0.1) is 11.6 Å². The lowest BCUT2D eigenvalue weighted by atomic mass is 9.93. The Morgan fingerprint density at radius 2 is 1.84 bits per heavy atom. The molecular weight excluding hydrogens is 258 g/mol. The van der Waals surface area contributed by atoms with Crippen LogP contribution in [-0.2, 0) is 11.3 Å². The molecule has 0 aromatic heterocycles. The lowest BCUT2D eigenvalue weighted by Crippen LogP contribution is -2.41. The predicted octanol–water partition coefficient (Wildman–Crippen LogP) is 3.90. The fourth-order valence-electron chi connectivity index (χ4n) is 2.78. The van der Waals surface area contributed by atoms with Crippen LogP contribution in [0.25, 0.3) is 0 Å². The first-order valence-corrected chi connectivity index (χ1v) is 7.65. The molecule has 1 aliphatic rings. The van der Waals surface area contributed by atoms with Gasteiger partial charge in [0.15, 0.2) is 0 Å². The number of rotatable bonds is 4. The lowest BCUT2D eigenvalue weighted by molar-refractivity contribution is -0.132. The zero-order valence-electron chi connectivity index (χ0n) is 11.6. The molecule has 0 saturated heterocycles. The smallest absolute Gasteiger partial charge is 0.238 e. The molecule has 1 saturated carbocycles. The first-order chi connectivity index (χ1) is 9.20. The number of alkyl halides is 1. The zero-order valence-corrected chi connectivity index (χ0v) is 12.3.